The lowest BCUT2D eigenvalue weighted by molar-refractivity contribution is 1.10. The average Bonchev–Trinajstić information content (AvgIpc) is 2.52. The number of nitrogens with zero attached hydrogens (tertiary/aromatic N) is 3. The maximum Gasteiger partial charge on any atom is 0.156 e. The smallest absolute Gasteiger partial charge is 0.156 e. The fourth-order valence-electron chi connectivity index (χ4n) is 1.15. The molecule has 0 atom stereocenters. The number of aromatic nitrogens is 3. The van der Waals surface area contributed by atoms with Crippen LogP contribution in [0.5, 0.6) is 0 Å². The van der Waals surface area contributed by atoms with Gasteiger partial charge in [-0.3, -0.25) is 5.10 Å². The minimum atomic E-state index is 0.647. The largest absolute Gasteiger partial charge is 0.261 e. The van der Waals surface area contributed by atoms with Crippen molar-refractivity contribution in [2.75, 3.05) is 0 Å². The van der Waals surface area contributed by atoms with Crippen molar-refractivity contribution in [2.45, 2.75) is 6.92 Å². The quantitative estimate of drug-likeness (QED) is 0.625. The minimum Gasteiger partial charge on any atom is -0.261 e. The normalized spacial score (nSPS) is 10.0. The minimum absolute atomic E-state index is 0.647. The summed E-state index contributed by atoms with van der Waals surface area (Å²) < 4.78 is 0. The van der Waals surface area contributed by atoms with Crippen LogP contribution in [-0.4, -0.2) is 15.2 Å². The highest BCUT2D eigenvalue weighted by molar-refractivity contribution is 5.81. The summed E-state index contributed by atoms with van der Waals surface area (Å²) in [5, 5.41) is 16.1. The van der Waals surface area contributed by atoms with E-state index < -0.39 is 0 Å². The molecule has 2 rings (SSSR count). The second-order valence-corrected chi connectivity index (χ2v) is 2.56. The van der Waals surface area contributed by atoms with E-state index in [0.717, 1.165) is 10.9 Å². The molecule has 2 aromatic heterocycles. The van der Waals surface area contributed by atoms with Crippen molar-refractivity contribution in [3.63, 3.8) is 0 Å². The summed E-state index contributed by atoms with van der Waals surface area (Å²) in [6.07, 6.45) is 3.28. The van der Waals surface area contributed by atoms with Gasteiger partial charge >= 0.3 is 0 Å². The van der Waals surface area contributed by atoms with Gasteiger partial charge in [-0.25, -0.2) is 4.98 Å². The molecule has 2 heterocycles. The van der Waals surface area contributed by atoms with Gasteiger partial charge in [-0.2, -0.15) is 10.4 Å². The molecular weight excluding hydrogens is 152 g/mol. The Kier molecular flexibility index (Phi) is 1.31. The number of nitrogens with one attached hydrogen (secondary N) is 1. The molecule has 0 aliphatic heterocycles. The Bertz CT molecular complexity index is 463. The molecule has 0 aliphatic rings. The highest BCUT2D eigenvalue weighted by Gasteiger charge is 2.05. The first-order valence-electron chi connectivity index (χ1n) is 3.51. The molecule has 0 fully saturated rings. The van der Waals surface area contributed by atoms with Crippen LogP contribution in [-0.2, 0) is 0 Å². The summed E-state index contributed by atoms with van der Waals surface area (Å²) in [6, 6.07) is 2.12. The summed E-state index contributed by atoms with van der Waals surface area (Å²) in [4.78, 5) is 4.08. The first-order chi connectivity index (χ1) is 5.83. The van der Waals surface area contributed by atoms with Gasteiger partial charge in [0.15, 0.2) is 5.65 Å². The van der Waals surface area contributed by atoms with Crippen LogP contribution >= 0.6 is 0 Å². The van der Waals surface area contributed by atoms with Crippen molar-refractivity contribution in [1.29, 1.82) is 5.26 Å². The fraction of sp³-hybridized carbons (Fsp3) is 0.125. The van der Waals surface area contributed by atoms with Gasteiger partial charge in [-0.05, 0) is 12.5 Å². The molecular formula is C8H6N4. The first kappa shape index (κ1) is 6.80. The van der Waals surface area contributed by atoms with Gasteiger partial charge in [-0.15, -0.1) is 0 Å². The Morgan fingerprint density at radius 3 is 3.08 bits per heavy atom. The molecule has 0 amide bonds. The predicted molar refractivity (Wildman–Crippen MR) is 43.3 cm³/mol. The van der Waals surface area contributed by atoms with Crippen molar-refractivity contribution in [3.05, 3.63) is 23.5 Å². The van der Waals surface area contributed by atoms with Crippen LogP contribution in [0.25, 0.3) is 11.0 Å². The zero-order valence-electron chi connectivity index (χ0n) is 6.50. The third kappa shape index (κ3) is 0.768. The highest BCUT2D eigenvalue weighted by atomic mass is 15.1. The molecule has 0 aromatic carbocycles. The Labute approximate surface area is 68.9 Å². The van der Waals surface area contributed by atoms with Crippen molar-refractivity contribution in [1.82, 2.24) is 15.2 Å². The van der Waals surface area contributed by atoms with Gasteiger partial charge in [0.25, 0.3) is 0 Å². The number of fused-ring (bicyclic) bond motifs is 1. The lowest BCUT2D eigenvalue weighted by Crippen LogP contribution is -1.85. The van der Waals surface area contributed by atoms with Crippen molar-refractivity contribution < 1.29 is 0 Å². The van der Waals surface area contributed by atoms with Gasteiger partial charge in [-0.1, -0.05) is 0 Å². The molecule has 58 valence electrons. The standard InChI is InChI=1S/C8H6N4/c1-5-3-10-8-7(4-11-12-8)6(5)2-9/h3-4H,1H3,(H,10,11,12). The number of hydrogen-bond acceptors (Lipinski definition) is 3. The fourth-order valence-corrected chi connectivity index (χ4v) is 1.15. The van der Waals surface area contributed by atoms with Crippen LogP contribution in [0.1, 0.15) is 11.1 Å². The number of hydrogen-bond donors (Lipinski definition) is 1. The highest BCUT2D eigenvalue weighted by Crippen LogP contribution is 2.16. The Hall–Kier alpha value is -1.89. The van der Waals surface area contributed by atoms with Crippen LogP contribution in [0.15, 0.2) is 12.4 Å². The van der Waals surface area contributed by atoms with Crippen LogP contribution in [0.3, 0.4) is 0 Å². The van der Waals surface area contributed by atoms with E-state index in [2.05, 4.69) is 21.3 Å². The molecule has 12 heavy (non-hydrogen) atoms. The van der Waals surface area contributed by atoms with E-state index in [0.29, 0.717) is 11.2 Å². The maximum atomic E-state index is 8.82. The molecule has 0 aliphatic carbocycles. The molecule has 2 aromatic rings. The number of rotatable bonds is 0. The van der Waals surface area contributed by atoms with Gasteiger partial charge in [0, 0.05) is 6.20 Å². The molecule has 0 saturated heterocycles. The van der Waals surface area contributed by atoms with Crippen LogP contribution in [0, 0.1) is 18.3 Å². The van der Waals surface area contributed by atoms with E-state index in [4.69, 9.17) is 5.26 Å². The number of aryl methyl sites for hydroxylation is 1. The van der Waals surface area contributed by atoms with E-state index in [1.165, 1.54) is 0 Å². The second-order valence-electron chi connectivity index (χ2n) is 2.56. The molecule has 4 nitrogen and oxygen atoms in total. The summed E-state index contributed by atoms with van der Waals surface area (Å²) in [6.45, 7) is 1.86. The number of H-pyrrole nitrogens is 1. The predicted octanol–water partition coefficient (Wildman–Crippen LogP) is 1.14. The third-order valence-corrected chi connectivity index (χ3v) is 1.78. The summed E-state index contributed by atoms with van der Waals surface area (Å²) in [7, 11) is 0. The molecule has 1 N–H and O–H groups in total. The molecule has 0 radical (unpaired) electrons. The second kappa shape index (κ2) is 2.31. The topological polar surface area (TPSA) is 65.4 Å². The Morgan fingerprint density at radius 2 is 2.33 bits per heavy atom. The molecule has 0 unspecified atom stereocenters. The van der Waals surface area contributed by atoms with Crippen LogP contribution in [0.2, 0.25) is 0 Å². The lowest BCUT2D eigenvalue weighted by Gasteiger charge is -1.95. The van der Waals surface area contributed by atoms with E-state index in [9.17, 15) is 0 Å². The van der Waals surface area contributed by atoms with Crippen molar-refractivity contribution in [3.8, 4) is 6.07 Å². The number of nitriles is 1. The number of pyridine rings is 1. The molecule has 4 heteroatoms. The van der Waals surface area contributed by atoms with Crippen LogP contribution < -0.4 is 0 Å². The van der Waals surface area contributed by atoms with E-state index in [1.54, 1.807) is 12.4 Å². The Balaban J connectivity index is 2.94. The number of aromatic amines is 1. The van der Waals surface area contributed by atoms with Gasteiger partial charge in [0.2, 0.25) is 0 Å². The summed E-state index contributed by atoms with van der Waals surface area (Å²) in [5.74, 6) is 0. The van der Waals surface area contributed by atoms with Gasteiger partial charge in [0.05, 0.1) is 17.1 Å². The first-order valence-corrected chi connectivity index (χ1v) is 3.51. The van der Waals surface area contributed by atoms with Gasteiger partial charge in [0.1, 0.15) is 6.07 Å². The van der Waals surface area contributed by atoms with Crippen LogP contribution in [0.4, 0.5) is 0 Å². The SMILES string of the molecule is Cc1cnc2[nH]ncc2c1C#N. The third-order valence-electron chi connectivity index (χ3n) is 1.78. The zero-order valence-corrected chi connectivity index (χ0v) is 6.50. The lowest BCUT2D eigenvalue weighted by atomic mass is 10.1. The van der Waals surface area contributed by atoms with Gasteiger partial charge < -0.3 is 0 Å². The maximum absolute atomic E-state index is 8.82. The molecule has 0 bridgehead atoms. The van der Waals surface area contributed by atoms with E-state index in [-0.39, 0.29) is 0 Å². The molecule has 0 spiro atoms. The monoisotopic (exact) mass is 158 g/mol. The summed E-state index contributed by atoms with van der Waals surface area (Å²) in [5.41, 5.74) is 2.19. The zero-order chi connectivity index (χ0) is 8.55. The Morgan fingerprint density at radius 1 is 1.50 bits per heavy atom. The average molecular weight is 158 g/mol. The van der Waals surface area contributed by atoms with E-state index >= 15 is 0 Å². The summed E-state index contributed by atoms with van der Waals surface area (Å²) >= 11 is 0. The molecule has 0 saturated carbocycles. The van der Waals surface area contributed by atoms with Crippen molar-refractivity contribution >= 4 is 11.0 Å². The van der Waals surface area contributed by atoms with E-state index in [1.807, 2.05) is 6.92 Å². The van der Waals surface area contributed by atoms with Crippen molar-refractivity contribution in [2.24, 2.45) is 0 Å².